The van der Waals surface area contributed by atoms with Crippen LogP contribution in [-0.4, -0.2) is 16.9 Å². The molecule has 1 aliphatic carbocycles. The molecule has 5 nitrogen and oxygen atoms in total. The van der Waals surface area contributed by atoms with E-state index in [9.17, 15) is 19.3 Å². The predicted molar refractivity (Wildman–Crippen MR) is 87.5 cm³/mol. The molecule has 0 bridgehead atoms. The van der Waals surface area contributed by atoms with Crippen LogP contribution in [0.4, 0.5) is 10.1 Å². The lowest BCUT2D eigenvalue weighted by molar-refractivity contribution is -0.385. The summed E-state index contributed by atoms with van der Waals surface area (Å²) in [6, 6.07) is 10.2. The number of carbonyl (C=O) groups is 1. The minimum atomic E-state index is -0.747. The third-order valence-electron chi connectivity index (χ3n) is 4.46. The fraction of sp³-hybridized carbons (Fsp3) is 0.278. The molecule has 124 valence electrons. The number of nitro benzene ring substituents is 1. The summed E-state index contributed by atoms with van der Waals surface area (Å²) >= 11 is 0. The van der Waals surface area contributed by atoms with E-state index in [0.29, 0.717) is 6.42 Å². The number of hydrogen-bond acceptors (Lipinski definition) is 3. The van der Waals surface area contributed by atoms with Crippen molar-refractivity contribution in [3.63, 3.8) is 0 Å². The van der Waals surface area contributed by atoms with Gasteiger partial charge in [-0.1, -0.05) is 24.3 Å². The maximum atomic E-state index is 13.9. The second-order valence-corrected chi connectivity index (χ2v) is 6.04. The van der Waals surface area contributed by atoms with Gasteiger partial charge in [-0.3, -0.25) is 14.9 Å². The average Bonchev–Trinajstić information content (AvgIpc) is 2.56. The van der Waals surface area contributed by atoms with E-state index in [4.69, 9.17) is 0 Å². The number of nitrogens with zero attached hydrogens (tertiary/aromatic N) is 1. The second-order valence-electron chi connectivity index (χ2n) is 6.04. The smallest absolute Gasteiger partial charge is 0.276 e. The quantitative estimate of drug-likeness (QED) is 0.694. The average molecular weight is 328 g/mol. The largest absolute Gasteiger partial charge is 0.349 e. The van der Waals surface area contributed by atoms with Gasteiger partial charge in [0.1, 0.15) is 5.82 Å². The first-order valence-corrected chi connectivity index (χ1v) is 7.78. The van der Waals surface area contributed by atoms with Gasteiger partial charge in [-0.05, 0) is 43.4 Å². The second kappa shape index (κ2) is 6.39. The van der Waals surface area contributed by atoms with E-state index in [-0.39, 0.29) is 22.9 Å². The van der Waals surface area contributed by atoms with Crippen molar-refractivity contribution < 1.29 is 14.1 Å². The zero-order valence-corrected chi connectivity index (χ0v) is 13.2. The van der Waals surface area contributed by atoms with Crippen LogP contribution in [0.25, 0.3) is 0 Å². The monoisotopic (exact) mass is 328 g/mol. The van der Waals surface area contributed by atoms with Gasteiger partial charge in [0.25, 0.3) is 11.6 Å². The first-order valence-electron chi connectivity index (χ1n) is 7.78. The maximum Gasteiger partial charge on any atom is 0.276 e. The number of carbonyl (C=O) groups excluding carboxylic acids is 1. The minimum absolute atomic E-state index is 0.0244. The van der Waals surface area contributed by atoms with Gasteiger partial charge in [-0.2, -0.15) is 0 Å². The van der Waals surface area contributed by atoms with E-state index >= 15 is 0 Å². The molecule has 0 fully saturated rings. The lowest BCUT2D eigenvalue weighted by Gasteiger charge is -2.25. The third-order valence-corrected chi connectivity index (χ3v) is 4.46. The highest BCUT2D eigenvalue weighted by atomic mass is 19.1. The number of halogens is 1. The number of nitro groups is 1. The highest BCUT2D eigenvalue weighted by Crippen LogP contribution is 2.24. The van der Waals surface area contributed by atoms with E-state index in [2.05, 4.69) is 11.4 Å². The molecule has 0 heterocycles. The first-order chi connectivity index (χ1) is 11.5. The molecule has 1 aliphatic rings. The summed E-state index contributed by atoms with van der Waals surface area (Å²) in [4.78, 5) is 22.7. The summed E-state index contributed by atoms with van der Waals surface area (Å²) in [5, 5.41) is 13.8. The molecule has 0 radical (unpaired) electrons. The minimum Gasteiger partial charge on any atom is -0.349 e. The van der Waals surface area contributed by atoms with Gasteiger partial charge in [0.2, 0.25) is 0 Å². The number of rotatable bonds is 3. The molecule has 2 aromatic rings. The van der Waals surface area contributed by atoms with Crippen LogP contribution in [0.2, 0.25) is 0 Å². The molecule has 0 aliphatic heterocycles. The van der Waals surface area contributed by atoms with Crippen LogP contribution in [0.15, 0.2) is 36.4 Å². The SMILES string of the molecule is Cc1c(F)cc(C(=O)NC2CCc3ccccc3C2)cc1[N+](=O)[O-]. The molecule has 1 unspecified atom stereocenters. The molecule has 24 heavy (non-hydrogen) atoms. The van der Waals surface area contributed by atoms with E-state index < -0.39 is 16.6 Å². The molecular formula is C18H17FN2O3. The standard InChI is InChI=1S/C18H17FN2O3/c1-11-16(19)9-14(10-17(11)21(23)24)18(22)20-15-7-6-12-4-2-3-5-13(12)8-15/h2-5,9-10,15H,6-8H2,1H3,(H,20,22). The number of hydrogen-bond donors (Lipinski definition) is 1. The first kappa shape index (κ1) is 16.1. The molecule has 0 saturated heterocycles. The van der Waals surface area contributed by atoms with Crippen LogP contribution >= 0.6 is 0 Å². The Balaban J connectivity index is 1.78. The lowest BCUT2D eigenvalue weighted by Crippen LogP contribution is -2.38. The predicted octanol–water partition coefficient (Wildman–Crippen LogP) is 3.33. The summed E-state index contributed by atoms with van der Waals surface area (Å²) in [6.45, 7) is 1.33. The van der Waals surface area contributed by atoms with Crippen molar-refractivity contribution in [3.05, 3.63) is 74.6 Å². The third kappa shape index (κ3) is 3.13. The summed E-state index contributed by atoms with van der Waals surface area (Å²) in [6.07, 6.45) is 2.36. The van der Waals surface area contributed by atoms with Crippen LogP contribution < -0.4 is 5.32 Å². The highest BCUT2D eigenvalue weighted by molar-refractivity contribution is 5.95. The van der Waals surface area contributed by atoms with Gasteiger partial charge in [0.15, 0.2) is 0 Å². The Morgan fingerprint density at radius 1 is 1.29 bits per heavy atom. The Morgan fingerprint density at radius 2 is 2.00 bits per heavy atom. The van der Waals surface area contributed by atoms with Crippen molar-refractivity contribution in [2.24, 2.45) is 0 Å². The molecular weight excluding hydrogens is 311 g/mol. The summed E-state index contributed by atoms with van der Waals surface area (Å²) in [5.41, 5.74) is 2.00. The number of amides is 1. The van der Waals surface area contributed by atoms with Crippen molar-refractivity contribution in [2.45, 2.75) is 32.2 Å². The lowest BCUT2D eigenvalue weighted by atomic mass is 9.88. The fourth-order valence-corrected chi connectivity index (χ4v) is 3.07. The number of benzene rings is 2. The fourth-order valence-electron chi connectivity index (χ4n) is 3.07. The molecule has 0 aromatic heterocycles. The number of fused-ring (bicyclic) bond motifs is 1. The molecule has 3 rings (SSSR count). The van der Waals surface area contributed by atoms with Gasteiger partial charge in [-0.15, -0.1) is 0 Å². The van der Waals surface area contributed by atoms with Crippen molar-refractivity contribution in [1.82, 2.24) is 5.32 Å². The van der Waals surface area contributed by atoms with Gasteiger partial charge in [0.05, 0.1) is 10.5 Å². The Hall–Kier alpha value is -2.76. The normalized spacial score (nSPS) is 16.3. The summed E-state index contributed by atoms with van der Waals surface area (Å²) in [7, 11) is 0. The van der Waals surface area contributed by atoms with E-state index in [0.717, 1.165) is 25.0 Å². The molecule has 0 spiro atoms. The van der Waals surface area contributed by atoms with Crippen molar-refractivity contribution in [3.8, 4) is 0 Å². The molecule has 1 atom stereocenters. The van der Waals surface area contributed by atoms with Gasteiger partial charge in [-0.25, -0.2) is 4.39 Å². The van der Waals surface area contributed by atoms with Gasteiger partial charge >= 0.3 is 0 Å². The topological polar surface area (TPSA) is 72.2 Å². The molecule has 6 heteroatoms. The summed E-state index contributed by atoms with van der Waals surface area (Å²) < 4.78 is 13.9. The molecule has 1 N–H and O–H groups in total. The van der Waals surface area contributed by atoms with Crippen LogP contribution in [0.5, 0.6) is 0 Å². The maximum absolute atomic E-state index is 13.9. The highest BCUT2D eigenvalue weighted by Gasteiger charge is 2.23. The van der Waals surface area contributed by atoms with Crippen molar-refractivity contribution in [2.75, 3.05) is 0 Å². The summed E-state index contributed by atoms with van der Waals surface area (Å²) in [5.74, 6) is -1.23. The molecule has 0 saturated carbocycles. The van der Waals surface area contributed by atoms with Gasteiger partial charge < -0.3 is 5.32 Å². The van der Waals surface area contributed by atoms with Crippen LogP contribution in [-0.2, 0) is 12.8 Å². The van der Waals surface area contributed by atoms with Crippen LogP contribution in [0.1, 0.15) is 33.5 Å². The zero-order valence-electron chi connectivity index (χ0n) is 13.2. The Morgan fingerprint density at radius 3 is 2.71 bits per heavy atom. The number of aryl methyl sites for hydroxylation is 1. The van der Waals surface area contributed by atoms with Gasteiger partial charge in [0, 0.05) is 17.7 Å². The van der Waals surface area contributed by atoms with E-state index in [1.165, 1.54) is 18.1 Å². The van der Waals surface area contributed by atoms with Crippen molar-refractivity contribution in [1.29, 1.82) is 0 Å². The Bertz CT molecular complexity index is 820. The Labute approximate surface area is 138 Å². The number of nitrogens with one attached hydrogen (secondary N) is 1. The molecule has 1 amide bonds. The Kier molecular flexibility index (Phi) is 4.29. The van der Waals surface area contributed by atoms with E-state index in [1.807, 2.05) is 18.2 Å². The van der Waals surface area contributed by atoms with E-state index in [1.54, 1.807) is 0 Å². The van der Waals surface area contributed by atoms with Crippen molar-refractivity contribution >= 4 is 11.6 Å². The van der Waals surface area contributed by atoms with Crippen LogP contribution in [0.3, 0.4) is 0 Å². The van der Waals surface area contributed by atoms with Crippen LogP contribution in [0, 0.1) is 22.9 Å². The zero-order chi connectivity index (χ0) is 17.3. The molecule has 2 aromatic carbocycles.